The number of nitrogens with one attached hydrogen (secondary N) is 1. The first-order valence-corrected chi connectivity index (χ1v) is 9.43. The van der Waals surface area contributed by atoms with Crippen LogP contribution < -0.4 is 15.2 Å². The molecule has 1 atom stereocenters. The van der Waals surface area contributed by atoms with Crippen molar-refractivity contribution in [1.82, 2.24) is 5.32 Å². The molecule has 0 radical (unpaired) electrons. The van der Waals surface area contributed by atoms with Crippen LogP contribution in [-0.4, -0.2) is 55.8 Å². The Kier molecular flexibility index (Phi) is 5.17. The average Bonchev–Trinajstić information content (AvgIpc) is 3.21. The number of carbonyl (C=O) groups excluding carboxylic acids is 2. The minimum atomic E-state index is -3.72. The summed E-state index contributed by atoms with van der Waals surface area (Å²) in [5.74, 6) is -1.34. The van der Waals surface area contributed by atoms with Gasteiger partial charge in [0.15, 0.2) is 0 Å². The molecule has 1 aliphatic rings. The van der Waals surface area contributed by atoms with E-state index in [-0.39, 0.29) is 39.0 Å². The molecule has 2 N–H and O–H groups in total. The molecule has 0 bridgehead atoms. The molecule has 29 heavy (non-hydrogen) atoms. The van der Waals surface area contributed by atoms with E-state index in [0.29, 0.717) is 12.3 Å². The number of thiophene rings is 1. The van der Waals surface area contributed by atoms with Crippen LogP contribution in [0.1, 0.15) is 16.5 Å². The monoisotopic (exact) mass is 443 g/mol. The van der Waals surface area contributed by atoms with Crippen molar-refractivity contribution >= 4 is 46.1 Å². The van der Waals surface area contributed by atoms with Crippen LogP contribution in [0.25, 0.3) is 0 Å². The third kappa shape index (κ3) is 5.51. The van der Waals surface area contributed by atoms with E-state index in [1.54, 1.807) is 5.32 Å². The molecule has 9 nitrogen and oxygen atoms in total. The minimum Gasteiger partial charge on any atom is -0.389 e. The number of amides is 2. The van der Waals surface area contributed by atoms with Gasteiger partial charge in [0.25, 0.3) is 11.8 Å². The van der Waals surface area contributed by atoms with Crippen LogP contribution in [0, 0.1) is 4.91 Å². The summed E-state index contributed by atoms with van der Waals surface area (Å²) < 4.78 is 45.7. The van der Waals surface area contributed by atoms with Gasteiger partial charge in [0.1, 0.15) is 6.61 Å². The molecule has 1 fully saturated rings. The Hall–Kier alpha value is -2.53. The number of halogens is 1. The van der Waals surface area contributed by atoms with Gasteiger partial charge >= 0.3 is 0 Å². The average molecular weight is 444 g/mol. The van der Waals surface area contributed by atoms with Crippen LogP contribution in [0.15, 0.2) is 41.7 Å². The lowest BCUT2D eigenvalue weighted by Crippen LogP contribution is -2.41. The second kappa shape index (κ2) is 9.79. The van der Waals surface area contributed by atoms with Gasteiger partial charge in [-0.1, -0.05) is 11.6 Å². The maximum atomic E-state index is 12.3. The highest BCUT2D eigenvalue weighted by Crippen LogP contribution is 2.23. The number of anilines is 2. The molecular formula is C18H19ClN4O5S. The number of morpholine rings is 1. The Balaban J connectivity index is 1.85. The molecule has 11 heteroatoms. The molecule has 2 heterocycles. The highest BCUT2D eigenvalue weighted by Gasteiger charge is 2.21. The first-order chi connectivity index (χ1) is 15.8. The van der Waals surface area contributed by atoms with E-state index in [4.69, 9.17) is 23.2 Å². The van der Waals surface area contributed by atoms with Crippen molar-refractivity contribution in [1.29, 1.82) is 0 Å². The molecule has 2 aromatic rings. The molecule has 1 aromatic carbocycles. The molecule has 1 saturated heterocycles. The predicted octanol–water partition coefficient (Wildman–Crippen LogP) is 2.04. The summed E-state index contributed by atoms with van der Waals surface area (Å²) in [6.07, 6.45) is -3.72. The largest absolute Gasteiger partial charge is 0.389 e. The summed E-state index contributed by atoms with van der Waals surface area (Å²) in [7, 11) is 0. The van der Waals surface area contributed by atoms with E-state index < -0.39 is 25.0 Å². The van der Waals surface area contributed by atoms with E-state index in [1.165, 1.54) is 41.3 Å². The fourth-order valence-electron chi connectivity index (χ4n) is 2.44. The van der Waals surface area contributed by atoms with Crippen LogP contribution in [-0.2, 0) is 9.53 Å². The van der Waals surface area contributed by atoms with Gasteiger partial charge in [0.05, 0.1) is 46.2 Å². The van der Waals surface area contributed by atoms with Gasteiger partial charge in [-0.2, -0.15) is 0 Å². The summed E-state index contributed by atoms with van der Waals surface area (Å²) in [5.41, 5.74) is 0.198. The third-order valence-electron chi connectivity index (χ3n) is 3.78. The van der Waals surface area contributed by atoms with Crippen molar-refractivity contribution in [3.05, 3.63) is 50.5 Å². The molecule has 0 spiro atoms. The number of carbonyl (C=O) groups is 2. The van der Waals surface area contributed by atoms with E-state index in [1.807, 2.05) is 0 Å². The first-order valence-electron chi connectivity index (χ1n) is 10.7. The van der Waals surface area contributed by atoms with Crippen molar-refractivity contribution in [2.45, 2.75) is 6.08 Å². The zero-order valence-corrected chi connectivity index (χ0v) is 16.4. The Labute approximate surface area is 182 Å². The normalized spacial score (nSPS) is 19.7. The minimum absolute atomic E-state index is 0.0381. The summed E-state index contributed by atoms with van der Waals surface area (Å²) >= 11 is 6.56. The van der Waals surface area contributed by atoms with Gasteiger partial charge in [0.2, 0.25) is 0 Å². The van der Waals surface area contributed by atoms with E-state index in [2.05, 4.69) is 5.29 Å². The lowest BCUT2D eigenvalue weighted by molar-refractivity contribution is -0.125. The fraction of sp³-hybridized carbons (Fsp3) is 0.333. The maximum absolute atomic E-state index is 12.3. The van der Waals surface area contributed by atoms with E-state index >= 15 is 0 Å². The SMILES string of the molecule is [2H]C([2H])(NC(=O)c1ccc(Cl)s1)C([2H])(O)C([2H])([2H])N(N=O)c1ccc(N2CCOCC2=O)cc1. The number of nitrogens with zero attached hydrogens (tertiary/aromatic N) is 3. The standard InChI is InChI=1S/C18H19ClN4O5S/c19-16-6-5-15(29-16)18(26)20-9-14(24)10-23(21-27)13-3-1-12(2-4-13)22-7-8-28-11-17(22)25/h1-6,14,24H,7-11H2,(H,20,26)/i9D2,10D2,14D. The van der Waals surface area contributed by atoms with Gasteiger partial charge in [0, 0.05) is 18.7 Å². The van der Waals surface area contributed by atoms with E-state index in [0.717, 1.165) is 11.3 Å². The molecular weight excluding hydrogens is 420 g/mol. The highest BCUT2D eigenvalue weighted by molar-refractivity contribution is 7.17. The Bertz CT molecular complexity index is 1080. The second-order valence-corrected chi connectivity index (χ2v) is 7.37. The lowest BCUT2D eigenvalue weighted by atomic mass is 10.2. The lowest BCUT2D eigenvalue weighted by Gasteiger charge is -2.27. The van der Waals surface area contributed by atoms with Crippen molar-refractivity contribution in [2.24, 2.45) is 5.29 Å². The molecule has 154 valence electrons. The Morgan fingerprint density at radius 3 is 2.83 bits per heavy atom. The highest BCUT2D eigenvalue weighted by atomic mass is 35.5. The van der Waals surface area contributed by atoms with Crippen LogP contribution in [0.2, 0.25) is 4.34 Å². The first kappa shape index (κ1) is 15.3. The van der Waals surface area contributed by atoms with Gasteiger partial charge in [-0.05, 0) is 36.4 Å². The zero-order valence-electron chi connectivity index (χ0n) is 19.8. The molecule has 2 amide bonds. The van der Waals surface area contributed by atoms with Crippen molar-refractivity contribution < 1.29 is 26.3 Å². The molecule has 0 aliphatic carbocycles. The van der Waals surface area contributed by atoms with Crippen LogP contribution >= 0.6 is 22.9 Å². The number of ether oxygens (including phenoxy) is 1. The number of nitroso groups, excluding NO2 is 1. The molecule has 1 aromatic heterocycles. The van der Waals surface area contributed by atoms with Crippen LogP contribution in [0.5, 0.6) is 0 Å². The molecule has 1 aliphatic heterocycles. The van der Waals surface area contributed by atoms with Gasteiger partial charge in [-0.25, -0.2) is 5.01 Å². The predicted molar refractivity (Wildman–Crippen MR) is 110 cm³/mol. The summed E-state index contributed by atoms with van der Waals surface area (Å²) in [4.78, 5) is 37.2. The zero-order chi connectivity index (χ0) is 25.3. The second-order valence-electron chi connectivity index (χ2n) is 5.65. The number of hydrogen-bond acceptors (Lipinski definition) is 7. The summed E-state index contributed by atoms with van der Waals surface area (Å²) in [6, 6.07) is 7.90. The smallest absolute Gasteiger partial charge is 0.261 e. The maximum Gasteiger partial charge on any atom is 0.261 e. The van der Waals surface area contributed by atoms with Gasteiger partial charge < -0.3 is 20.1 Å². The number of aliphatic hydroxyl groups is 1. The Morgan fingerprint density at radius 1 is 1.45 bits per heavy atom. The van der Waals surface area contributed by atoms with E-state index in [9.17, 15) is 19.6 Å². The molecule has 0 saturated carbocycles. The number of benzene rings is 1. The van der Waals surface area contributed by atoms with Crippen molar-refractivity contribution in [2.75, 3.05) is 42.7 Å². The number of rotatable bonds is 8. The number of hydrogen-bond donors (Lipinski definition) is 2. The van der Waals surface area contributed by atoms with Gasteiger partial charge in [-0.3, -0.25) is 9.59 Å². The quantitative estimate of drug-likeness (QED) is 0.477. The van der Waals surface area contributed by atoms with Gasteiger partial charge in [-0.15, -0.1) is 16.2 Å². The molecule has 1 unspecified atom stereocenters. The fourth-order valence-corrected chi connectivity index (χ4v) is 3.38. The van der Waals surface area contributed by atoms with Crippen LogP contribution in [0.3, 0.4) is 0 Å². The van der Waals surface area contributed by atoms with Crippen molar-refractivity contribution in [3.63, 3.8) is 0 Å². The Morgan fingerprint density at radius 2 is 2.21 bits per heavy atom. The molecule has 3 rings (SSSR count). The van der Waals surface area contributed by atoms with Crippen molar-refractivity contribution in [3.8, 4) is 0 Å². The summed E-state index contributed by atoms with van der Waals surface area (Å²) in [6.45, 7) is -6.34. The third-order valence-corrected chi connectivity index (χ3v) is 5.01. The summed E-state index contributed by atoms with van der Waals surface area (Å²) in [5, 5.41) is 15.0. The topological polar surface area (TPSA) is 112 Å². The van der Waals surface area contributed by atoms with Crippen LogP contribution in [0.4, 0.5) is 11.4 Å².